The van der Waals surface area contributed by atoms with E-state index in [-0.39, 0.29) is 18.3 Å². The summed E-state index contributed by atoms with van der Waals surface area (Å²) in [5.74, 6) is 0.261. The van der Waals surface area contributed by atoms with Crippen molar-refractivity contribution in [2.75, 3.05) is 25.5 Å². The molecule has 0 aliphatic rings. The summed E-state index contributed by atoms with van der Waals surface area (Å²) in [4.78, 5) is 11.7. The summed E-state index contributed by atoms with van der Waals surface area (Å²) in [6.07, 6.45) is 0.817. The number of methoxy groups -OCH3 is 1. The fourth-order valence-electron chi connectivity index (χ4n) is 2.00. The van der Waals surface area contributed by atoms with Gasteiger partial charge in [-0.05, 0) is 48.9 Å². The van der Waals surface area contributed by atoms with Crippen LogP contribution in [0.25, 0.3) is 0 Å². The molecule has 0 bridgehead atoms. The molecular weight excluding hydrogens is 283 g/mol. The summed E-state index contributed by atoms with van der Waals surface area (Å²) in [6.45, 7) is 0.871. The van der Waals surface area contributed by atoms with E-state index in [1.807, 2.05) is 24.3 Å². The minimum Gasteiger partial charge on any atom is -0.497 e. The van der Waals surface area contributed by atoms with Crippen LogP contribution in [0.1, 0.15) is 5.56 Å². The number of amides is 1. The molecule has 0 aliphatic heterocycles. The molecule has 0 spiro atoms. The van der Waals surface area contributed by atoms with Crippen LogP contribution in [-0.2, 0) is 11.2 Å². The van der Waals surface area contributed by atoms with Crippen LogP contribution in [0.5, 0.6) is 5.75 Å². The zero-order chi connectivity index (χ0) is 15.8. The van der Waals surface area contributed by atoms with Crippen molar-refractivity contribution in [2.45, 2.75) is 6.42 Å². The fourth-order valence-corrected chi connectivity index (χ4v) is 2.00. The average Bonchev–Trinajstić information content (AvgIpc) is 2.52. The highest BCUT2D eigenvalue weighted by atomic mass is 19.1. The van der Waals surface area contributed by atoms with Crippen LogP contribution in [0.2, 0.25) is 0 Å². The number of hydrogen-bond acceptors (Lipinski definition) is 3. The molecule has 0 saturated heterocycles. The van der Waals surface area contributed by atoms with E-state index in [2.05, 4.69) is 10.6 Å². The Morgan fingerprint density at radius 3 is 2.64 bits per heavy atom. The predicted octanol–water partition coefficient (Wildman–Crippen LogP) is 2.61. The standard InChI is InChI=1S/C17H19FN2O2/c1-22-16-7-5-13(6-8-16)9-10-19-12-17(21)20-15-4-2-3-14(18)11-15/h2-8,11,19H,9-10,12H2,1H3,(H,20,21). The van der Waals surface area contributed by atoms with Crippen molar-refractivity contribution in [1.82, 2.24) is 5.32 Å². The molecule has 0 aliphatic carbocycles. The van der Waals surface area contributed by atoms with Crippen molar-refractivity contribution in [3.05, 3.63) is 59.9 Å². The number of anilines is 1. The van der Waals surface area contributed by atoms with E-state index >= 15 is 0 Å². The largest absolute Gasteiger partial charge is 0.497 e. The summed E-state index contributed by atoms with van der Waals surface area (Å²) in [5, 5.41) is 5.70. The Labute approximate surface area is 129 Å². The lowest BCUT2D eigenvalue weighted by Crippen LogP contribution is -2.29. The first-order valence-corrected chi connectivity index (χ1v) is 7.06. The Bertz CT molecular complexity index is 614. The third kappa shape index (κ3) is 5.18. The Balaban J connectivity index is 1.68. The number of nitrogens with one attached hydrogen (secondary N) is 2. The Morgan fingerprint density at radius 1 is 1.18 bits per heavy atom. The van der Waals surface area contributed by atoms with E-state index in [0.717, 1.165) is 12.2 Å². The van der Waals surface area contributed by atoms with Crippen LogP contribution >= 0.6 is 0 Å². The maximum atomic E-state index is 13.0. The maximum Gasteiger partial charge on any atom is 0.238 e. The highest BCUT2D eigenvalue weighted by Gasteiger charge is 2.02. The van der Waals surface area contributed by atoms with Crippen LogP contribution in [0.3, 0.4) is 0 Å². The quantitative estimate of drug-likeness (QED) is 0.773. The predicted molar refractivity (Wildman–Crippen MR) is 84.6 cm³/mol. The number of ether oxygens (including phenoxy) is 1. The van der Waals surface area contributed by atoms with Crippen molar-refractivity contribution in [2.24, 2.45) is 0 Å². The normalized spacial score (nSPS) is 10.3. The molecule has 2 aromatic carbocycles. The van der Waals surface area contributed by atoms with Crippen molar-refractivity contribution >= 4 is 11.6 Å². The molecule has 22 heavy (non-hydrogen) atoms. The van der Waals surface area contributed by atoms with Gasteiger partial charge in [0.1, 0.15) is 11.6 Å². The molecule has 0 heterocycles. The molecule has 1 amide bonds. The number of hydrogen-bond donors (Lipinski definition) is 2. The fraction of sp³-hybridized carbons (Fsp3) is 0.235. The van der Waals surface area contributed by atoms with Gasteiger partial charge in [0.05, 0.1) is 13.7 Å². The van der Waals surface area contributed by atoms with E-state index in [1.54, 1.807) is 19.2 Å². The van der Waals surface area contributed by atoms with Crippen molar-refractivity contribution in [3.63, 3.8) is 0 Å². The average molecular weight is 302 g/mol. The van der Waals surface area contributed by atoms with Crippen LogP contribution in [0.15, 0.2) is 48.5 Å². The van der Waals surface area contributed by atoms with E-state index in [0.29, 0.717) is 12.2 Å². The lowest BCUT2D eigenvalue weighted by atomic mass is 10.1. The first-order chi connectivity index (χ1) is 10.7. The van der Waals surface area contributed by atoms with Gasteiger partial charge >= 0.3 is 0 Å². The summed E-state index contributed by atoms with van der Waals surface area (Å²) in [7, 11) is 1.63. The highest BCUT2D eigenvalue weighted by Crippen LogP contribution is 2.11. The van der Waals surface area contributed by atoms with Gasteiger partial charge in [-0.25, -0.2) is 4.39 Å². The molecule has 0 aromatic heterocycles. The molecular formula is C17H19FN2O2. The van der Waals surface area contributed by atoms with Crippen molar-refractivity contribution in [3.8, 4) is 5.75 Å². The molecule has 4 nitrogen and oxygen atoms in total. The van der Waals surface area contributed by atoms with Crippen molar-refractivity contribution < 1.29 is 13.9 Å². The molecule has 2 aromatic rings. The van der Waals surface area contributed by atoms with Gasteiger partial charge in [0.2, 0.25) is 5.91 Å². The molecule has 0 atom stereocenters. The minimum absolute atomic E-state index is 0.187. The van der Waals surface area contributed by atoms with E-state index < -0.39 is 0 Å². The molecule has 0 unspecified atom stereocenters. The molecule has 0 fully saturated rings. The minimum atomic E-state index is -0.370. The summed E-state index contributed by atoms with van der Waals surface area (Å²) in [6, 6.07) is 13.6. The van der Waals surface area contributed by atoms with Crippen LogP contribution in [-0.4, -0.2) is 26.1 Å². The van der Waals surface area contributed by atoms with Crippen LogP contribution < -0.4 is 15.4 Å². The number of halogens is 1. The molecule has 2 N–H and O–H groups in total. The Hall–Kier alpha value is -2.40. The van der Waals surface area contributed by atoms with Gasteiger partial charge in [0, 0.05) is 5.69 Å². The zero-order valence-corrected chi connectivity index (χ0v) is 12.4. The van der Waals surface area contributed by atoms with Gasteiger partial charge < -0.3 is 15.4 Å². The van der Waals surface area contributed by atoms with Gasteiger partial charge in [-0.3, -0.25) is 4.79 Å². The molecule has 2 rings (SSSR count). The molecule has 116 valence electrons. The summed E-state index contributed by atoms with van der Waals surface area (Å²) in [5.41, 5.74) is 1.63. The van der Waals surface area contributed by atoms with Gasteiger partial charge in [0.15, 0.2) is 0 Å². The lowest BCUT2D eigenvalue weighted by molar-refractivity contribution is -0.115. The van der Waals surface area contributed by atoms with E-state index in [1.165, 1.54) is 17.7 Å². The van der Waals surface area contributed by atoms with Gasteiger partial charge in [-0.15, -0.1) is 0 Å². The van der Waals surface area contributed by atoms with E-state index in [4.69, 9.17) is 4.74 Å². The third-order valence-corrected chi connectivity index (χ3v) is 3.14. The Morgan fingerprint density at radius 2 is 1.95 bits per heavy atom. The smallest absolute Gasteiger partial charge is 0.238 e. The monoisotopic (exact) mass is 302 g/mol. The number of carbonyl (C=O) groups excluding carboxylic acids is 1. The summed E-state index contributed by atoms with van der Waals surface area (Å²) >= 11 is 0. The highest BCUT2D eigenvalue weighted by molar-refractivity contribution is 5.92. The second-order valence-electron chi connectivity index (χ2n) is 4.83. The number of carbonyl (C=O) groups is 1. The first-order valence-electron chi connectivity index (χ1n) is 7.06. The molecule has 5 heteroatoms. The SMILES string of the molecule is COc1ccc(CCNCC(=O)Nc2cccc(F)c2)cc1. The van der Waals surface area contributed by atoms with Gasteiger partial charge in [0.25, 0.3) is 0 Å². The second-order valence-corrected chi connectivity index (χ2v) is 4.83. The second kappa shape index (κ2) is 8.14. The molecule has 0 saturated carbocycles. The first kappa shape index (κ1) is 16.0. The van der Waals surface area contributed by atoms with Crippen LogP contribution in [0.4, 0.5) is 10.1 Å². The third-order valence-electron chi connectivity index (χ3n) is 3.14. The van der Waals surface area contributed by atoms with Gasteiger partial charge in [-0.2, -0.15) is 0 Å². The number of benzene rings is 2. The van der Waals surface area contributed by atoms with E-state index in [9.17, 15) is 9.18 Å². The zero-order valence-electron chi connectivity index (χ0n) is 12.4. The van der Waals surface area contributed by atoms with Gasteiger partial charge in [-0.1, -0.05) is 18.2 Å². The van der Waals surface area contributed by atoms with Crippen LogP contribution in [0, 0.1) is 5.82 Å². The Kier molecular flexibility index (Phi) is 5.91. The lowest BCUT2D eigenvalue weighted by Gasteiger charge is -2.07. The molecule has 0 radical (unpaired) electrons. The maximum absolute atomic E-state index is 13.0. The summed E-state index contributed by atoms with van der Waals surface area (Å²) < 4.78 is 18.1. The number of rotatable bonds is 7. The topological polar surface area (TPSA) is 50.4 Å². The van der Waals surface area contributed by atoms with Crippen molar-refractivity contribution in [1.29, 1.82) is 0 Å².